The van der Waals surface area contributed by atoms with Gasteiger partial charge in [-0.3, -0.25) is 9.59 Å². The standard InChI is InChI=1S/C21H28N4O3/c1-3-11-25-20(16(2)14-22-25)23-21(27)17-7-9-18(10-8-17)28-15-19(26)24-12-5-4-6-13-24/h7-10,14H,3-6,11-13,15H2,1-2H3,(H,23,27). The van der Waals surface area contributed by atoms with E-state index in [1.54, 1.807) is 35.1 Å². The van der Waals surface area contributed by atoms with Crippen molar-refractivity contribution in [2.75, 3.05) is 25.0 Å². The van der Waals surface area contributed by atoms with Crippen LogP contribution >= 0.6 is 0 Å². The molecule has 150 valence electrons. The zero-order valence-electron chi connectivity index (χ0n) is 16.6. The van der Waals surface area contributed by atoms with Gasteiger partial charge in [-0.1, -0.05) is 6.92 Å². The Morgan fingerprint density at radius 3 is 2.54 bits per heavy atom. The number of rotatable bonds is 7. The van der Waals surface area contributed by atoms with E-state index in [0.29, 0.717) is 11.3 Å². The summed E-state index contributed by atoms with van der Waals surface area (Å²) in [5.41, 5.74) is 1.45. The summed E-state index contributed by atoms with van der Waals surface area (Å²) in [5, 5.41) is 7.22. The Kier molecular flexibility index (Phi) is 6.68. The van der Waals surface area contributed by atoms with Crippen LogP contribution in [0.5, 0.6) is 5.75 Å². The molecule has 2 amide bonds. The smallest absolute Gasteiger partial charge is 0.260 e. The summed E-state index contributed by atoms with van der Waals surface area (Å²) in [6.45, 7) is 6.40. The molecule has 0 atom stereocenters. The number of carbonyl (C=O) groups is 2. The number of piperidine rings is 1. The monoisotopic (exact) mass is 384 g/mol. The van der Waals surface area contributed by atoms with Crippen LogP contribution in [0.4, 0.5) is 5.82 Å². The molecule has 1 aromatic carbocycles. The van der Waals surface area contributed by atoms with E-state index in [4.69, 9.17) is 4.74 Å². The normalized spacial score (nSPS) is 14.0. The number of amides is 2. The molecule has 1 fully saturated rings. The molecule has 0 spiro atoms. The molecule has 2 aromatic rings. The van der Waals surface area contributed by atoms with Gasteiger partial charge < -0.3 is 15.0 Å². The van der Waals surface area contributed by atoms with Crippen molar-refractivity contribution in [2.45, 2.75) is 46.1 Å². The van der Waals surface area contributed by atoms with Gasteiger partial charge in [-0.15, -0.1) is 0 Å². The number of likely N-dealkylation sites (tertiary alicyclic amines) is 1. The van der Waals surface area contributed by atoms with Crippen LogP contribution in [0.15, 0.2) is 30.5 Å². The quantitative estimate of drug-likeness (QED) is 0.795. The molecule has 1 aromatic heterocycles. The van der Waals surface area contributed by atoms with Crippen LogP contribution in [0.2, 0.25) is 0 Å². The van der Waals surface area contributed by atoms with Crippen molar-refractivity contribution < 1.29 is 14.3 Å². The molecule has 1 N–H and O–H groups in total. The second-order valence-corrected chi connectivity index (χ2v) is 7.11. The first-order valence-electron chi connectivity index (χ1n) is 9.93. The first-order chi connectivity index (χ1) is 13.6. The van der Waals surface area contributed by atoms with Gasteiger partial charge in [-0.2, -0.15) is 5.10 Å². The van der Waals surface area contributed by atoms with Crippen molar-refractivity contribution >= 4 is 17.6 Å². The maximum Gasteiger partial charge on any atom is 0.260 e. The lowest BCUT2D eigenvalue weighted by Gasteiger charge is -2.26. The molecule has 28 heavy (non-hydrogen) atoms. The fraction of sp³-hybridized carbons (Fsp3) is 0.476. The van der Waals surface area contributed by atoms with Gasteiger partial charge >= 0.3 is 0 Å². The number of hydrogen-bond donors (Lipinski definition) is 1. The first-order valence-corrected chi connectivity index (χ1v) is 9.93. The summed E-state index contributed by atoms with van der Waals surface area (Å²) in [7, 11) is 0. The molecule has 7 nitrogen and oxygen atoms in total. The van der Waals surface area contributed by atoms with Crippen LogP contribution < -0.4 is 10.1 Å². The topological polar surface area (TPSA) is 76.5 Å². The SMILES string of the molecule is CCCn1ncc(C)c1NC(=O)c1ccc(OCC(=O)N2CCCCC2)cc1. The summed E-state index contributed by atoms with van der Waals surface area (Å²) in [6, 6.07) is 6.83. The highest BCUT2D eigenvalue weighted by atomic mass is 16.5. The largest absolute Gasteiger partial charge is 0.484 e. The van der Waals surface area contributed by atoms with Gasteiger partial charge in [0.15, 0.2) is 6.61 Å². The van der Waals surface area contributed by atoms with E-state index in [1.807, 2.05) is 11.8 Å². The Bertz CT molecular complexity index is 808. The number of aromatic nitrogens is 2. The molecule has 0 bridgehead atoms. The van der Waals surface area contributed by atoms with Crippen LogP contribution in [0.3, 0.4) is 0 Å². The van der Waals surface area contributed by atoms with E-state index in [2.05, 4.69) is 17.3 Å². The summed E-state index contributed by atoms with van der Waals surface area (Å²) in [5.74, 6) is 1.12. The molecule has 0 saturated carbocycles. The molecular formula is C21H28N4O3. The third-order valence-corrected chi connectivity index (χ3v) is 4.88. The average molecular weight is 384 g/mol. The number of hydrogen-bond acceptors (Lipinski definition) is 4. The van der Waals surface area contributed by atoms with E-state index in [0.717, 1.165) is 50.3 Å². The van der Waals surface area contributed by atoms with E-state index in [1.165, 1.54) is 6.42 Å². The zero-order chi connectivity index (χ0) is 19.9. The van der Waals surface area contributed by atoms with Gasteiger partial charge in [-0.05, 0) is 56.9 Å². The Morgan fingerprint density at radius 2 is 1.86 bits per heavy atom. The fourth-order valence-corrected chi connectivity index (χ4v) is 3.29. The molecule has 1 saturated heterocycles. The first kappa shape index (κ1) is 19.9. The maximum absolute atomic E-state index is 12.6. The molecule has 0 radical (unpaired) electrons. The molecule has 7 heteroatoms. The van der Waals surface area contributed by atoms with Gasteiger partial charge in [-0.25, -0.2) is 4.68 Å². The molecular weight excluding hydrogens is 356 g/mol. The van der Waals surface area contributed by atoms with E-state index < -0.39 is 0 Å². The van der Waals surface area contributed by atoms with E-state index in [-0.39, 0.29) is 18.4 Å². The zero-order valence-corrected chi connectivity index (χ0v) is 16.6. The number of nitrogens with one attached hydrogen (secondary N) is 1. The molecule has 3 rings (SSSR count). The van der Waals surface area contributed by atoms with Gasteiger partial charge in [0.1, 0.15) is 11.6 Å². The number of ether oxygens (including phenoxy) is 1. The van der Waals surface area contributed by atoms with E-state index >= 15 is 0 Å². The second-order valence-electron chi connectivity index (χ2n) is 7.11. The van der Waals surface area contributed by atoms with E-state index in [9.17, 15) is 9.59 Å². The lowest BCUT2D eigenvalue weighted by atomic mass is 10.1. The number of aryl methyl sites for hydroxylation is 2. The summed E-state index contributed by atoms with van der Waals surface area (Å²) < 4.78 is 7.40. The number of carbonyl (C=O) groups excluding carboxylic acids is 2. The minimum Gasteiger partial charge on any atom is -0.484 e. The minimum atomic E-state index is -0.197. The van der Waals surface area contributed by atoms with Crippen molar-refractivity contribution in [2.24, 2.45) is 0 Å². The maximum atomic E-state index is 12.6. The highest BCUT2D eigenvalue weighted by Crippen LogP contribution is 2.18. The number of nitrogens with zero attached hydrogens (tertiary/aromatic N) is 3. The third kappa shape index (κ3) is 4.91. The minimum absolute atomic E-state index is 0.0150. The summed E-state index contributed by atoms with van der Waals surface area (Å²) in [4.78, 5) is 26.6. The van der Waals surface area contributed by atoms with Crippen LogP contribution in [0, 0.1) is 6.92 Å². The Balaban J connectivity index is 1.55. The van der Waals surface area contributed by atoms with Crippen LogP contribution in [0.1, 0.15) is 48.5 Å². The predicted octanol–water partition coefficient (Wildman–Crippen LogP) is 3.25. The van der Waals surface area contributed by atoms with Gasteiger partial charge in [0.05, 0.1) is 6.20 Å². The summed E-state index contributed by atoms with van der Waals surface area (Å²) in [6.07, 6.45) is 6.00. The van der Waals surface area contributed by atoms with Crippen LogP contribution in [0.25, 0.3) is 0 Å². The Morgan fingerprint density at radius 1 is 1.14 bits per heavy atom. The Labute approximate surface area is 165 Å². The molecule has 1 aliphatic heterocycles. The highest BCUT2D eigenvalue weighted by Gasteiger charge is 2.17. The fourth-order valence-electron chi connectivity index (χ4n) is 3.29. The predicted molar refractivity (Wildman–Crippen MR) is 108 cm³/mol. The van der Waals surface area contributed by atoms with Gasteiger partial charge in [0.2, 0.25) is 0 Å². The van der Waals surface area contributed by atoms with Crippen LogP contribution in [-0.2, 0) is 11.3 Å². The summed E-state index contributed by atoms with van der Waals surface area (Å²) >= 11 is 0. The molecule has 0 aliphatic carbocycles. The van der Waals surface area contributed by atoms with Gasteiger partial charge in [0, 0.05) is 30.8 Å². The van der Waals surface area contributed by atoms with Crippen molar-refractivity contribution in [3.8, 4) is 5.75 Å². The van der Waals surface area contributed by atoms with Crippen molar-refractivity contribution in [3.63, 3.8) is 0 Å². The average Bonchev–Trinajstić information content (AvgIpc) is 3.07. The van der Waals surface area contributed by atoms with Gasteiger partial charge in [0.25, 0.3) is 11.8 Å². The molecule has 2 heterocycles. The lowest BCUT2D eigenvalue weighted by molar-refractivity contribution is -0.134. The van der Waals surface area contributed by atoms with Crippen molar-refractivity contribution in [1.82, 2.24) is 14.7 Å². The van der Waals surface area contributed by atoms with Crippen LogP contribution in [-0.4, -0.2) is 46.2 Å². The Hall–Kier alpha value is -2.83. The molecule has 1 aliphatic rings. The third-order valence-electron chi connectivity index (χ3n) is 4.88. The highest BCUT2D eigenvalue weighted by molar-refractivity contribution is 6.04. The van der Waals surface area contributed by atoms with Crippen molar-refractivity contribution in [1.29, 1.82) is 0 Å². The molecule has 0 unspecified atom stereocenters. The lowest BCUT2D eigenvalue weighted by Crippen LogP contribution is -2.38. The van der Waals surface area contributed by atoms with Crippen molar-refractivity contribution in [3.05, 3.63) is 41.6 Å². The number of anilines is 1. The number of benzene rings is 1. The second kappa shape index (κ2) is 9.39.